The lowest BCUT2D eigenvalue weighted by Crippen LogP contribution is -2.31. The number of carbonyl (C=O) groups excluding carboxylic acids is 4. The number of nitrogens with zero attached hydrogens (tertiary/aromatic N) is 2. The standard InChI is InChI=1S/C27H26N2O5/c1-16-6-9-19(10-7-16)28-15-18(13-24(28)30)27(33)34-21-5-3-4-20(14-21)29-25(31)22-11-8-17(2)12-23(22)26(29)32/h3-10,14,18,22-23H,11-13,15H2,1-2H3/t18-,22-,23+/m0/s1. The van der Waals surface area contributed by atoms with Crippen molar-refractivity contribution in [2.75, 3.05) is 16.3 Å². The van der Waals surface area contributed by atoms with Gasteiger partial charge in [0.05, 0.1) is 23.4 Å². The van der Waals surface area contributed by atoms with Crippen LogP contribution < -0.4 is 14.5 Å². The number of anilines is 2. The lowest BCUT2D eigenvalue weighted by atomic mass is 9.82. The van der Waals surface area contributed by atoms with E-state index in [0.717, 1.165) is 16.8 Å². The molecule has 2 saturated heterocycles. The normalized spacial score (nSPS) is 24.4. The number of imide groups is 1. The molecule has 3 amide bonds. The number of hydrogen-bond acceptors (Lipinski definition) is 5. The van der Waals surface area contributed by atoms with E-state index in [0.29, 0.717) is 18.5 Å². The highest BCUT2D eigenvalue weighted by Crippen LogP contribution is 2.40. The fourth-order valence-corrected chi connectivity index (χ4v) is 5.02. The summed E-state index contributed by atoms with van der Waals surface area (Å²) in [6, 6.07) is 14.1. The van der Waals surface area contributed by atoms with Gasteiger partial charge >= 0.3 is 5.97 Å². The molecule has 5 rings (SSSR count). The van der Waals surface area contributed by atoms with E-state index in [9.17, 15) is 19.2 Å². The summed E-state index contributed by atoms with van der Waals surface area (Å²) in [4.78, 5) is 54.1. The van der Waals surface area contributed by atoms with Crippen LogP contribution in [0.4, 0.5) is 11.4 Å². The third-order valence-electron chi connectivity index (χ3n) is 6.92. The zero-order valence-corrected chi connectivity index (χ0v) is 19.2. The summed E-state index contributed by atoms with van der Waals surface area (Å²) in [6.45, 7) is 4.20. The maximum absolute atomic E-state index is 13.0. The molecule has 7 heteroatoms. The van der Waals surface area contributed by atoms with Gasteiger partial charge in [-0.2, -0.15) is 0 Å². The average Bonchev–Trinajstić information content (AvgIpc) is 3.32. The van der Waals surface area contributed by atoms with Gasteiger partial charge in [0.2, 0.25) is 17.7 Å². The number of benzene rings is 2. The molecule has 0 radical (unpaired) electrons. The van der Waals surface area contributed by atoms with Crippen molar-refractivity contribution < 1.29 is 23.9 Å². The number of aryl methyl sites for hydroxylation is 1. The van der Waals surface area contributed by atoms with Crippen LogP contribution in [0.25, 0.3) is 0 Å². The van der Waals surface area contributed by atoms with Gasteiger partial charge in [-0.05, 0) is 51.0 Å². The molecule has 2 heterocycles. The fourth-order valence-electron chi connectivity index (χ4n) is 5.02. The SMILES string of the molecule is CC1=CC[C@@H]2C(=O)N(c3cccc(OC(=O)[C@H]4CC(=O)N(c5ccc(C)cc5)C4)c3)C(=O)[C@@H]2C1. The van der Waals surface area contributed by atoms with Crippen LogP contribution in [0.1, 0.15) is 31.7 Å². The van der Waals surface area contributed by atoms with Gasteiger partial charge in [-0.1, -0.05) is 35.4 Å². The van der Waals surface area contributed by atoms with Gasteiger partial charge in [0.15, 0.2) is 0 Å². The number of fused-ring (bicyclic) bond motifs is 1. The summed E-state index contributed by atoms with van der Waals surface area (Å²) in [5.41, 5.74) is 3.37. The van der Waals surface area contributed by atoms with Crippen LogP contribution in [-0.2, 0) is 19.2 Å². The molecule has 2 aromatic rings. The van der Waals surface area contributed by atoms with Crippen LogP contribution in [-0.4, -0.2) is 30.2 Å². The Labute approximate surface area is 198 Å². The van der Waals surface area contributed by atoms with Crippen molar-refractivity contribution in [1.82, 2.24) is 0 Å². The molecule has 0 unspecified atom stereocenters. The summed E-state index contributed by atoms with van der Waals surface area (Å²) in [5.74, 6) is -2.07. The van der Waals surface area contributed by atoms with E-state index in [-0.39, 0.29) is 48.3 Å². The Morgan fingerprint density at radius 2 is 1.65 bits per heavy atom. The van der Waals surface area contributed by atoms with Crippen LogP contribution >= 0.6 is 0 Å². The molecule has 0 saturated carbocycles. The second kappa shape index (κ2) is 8.56. The first kappa shape index (κ1) is 22.1. The Kier molecular flexibility index (Phi) is 5.55. The summed E-state index contributed by atoms with van der Waals surface area (Å²) in [6.07, 6.45) is 3.26. The van der Waals surface area contributed by atoms with E-state index in [2.05, 4.69) is 0 Å². The Morgan fingerprint density at radius 3 is 2.41 bits per heavy atom. The number of hydrogen-bond donors (Lipinski definition) is 0. The molecule has 0 spiro atoms. The van der Waals surface area contributed by atoms with Gasteiger partial charge in [-0.25, -0.2) is 4.90 Å². The molecule has 34 heavy (non-hydrogen) atoms. The topological polar surface area (TPSA) is 84.0 Å². The van der Waals surface area contributed by atoms with Crippen molar-refractivity contribution in [1.29, 1.82) is 0 Å². The van der Waals surface area contributed by atoms with Gasteiger partial charge in [-0.15, -0.1) is 0 Å². The van der Waals surface area contributed by atoms with Crippen LogP contribution in [0.3, 0.4) is 0 Å². The van der Waals surface area contributed by atoms with Crippen molar-refractivity contribution in [2.24, 2.45) is 17.8 Å². The lowest BCUT2D eigenvalue weighted by molar-refractivity contribution is -0.139. The Bertz CT molecular complexity index is 1220. The monoisotopic (exact) mass is 458 g/mol. The lowest BCUT2D eigenvalue weighted by Gasteiger charge is -2.18. The minimum Gasteiger partial charge on any atom is -0.426 e. The van der Waals surface area contributed by atoms with Gasteiger partial charge in [-0.3, -0.25) is 19.2 Å². The van der Waals surface area contributed by atoms with Gasteiger partial charge < -0.3 is 9.64 Å². The minimum atomic E-state index is -0.593. The molecule has 174 valence electrons. The zero-order chi connectivity index (χ0) is 24.0. The quantitative estimate of drug-likeness (QED) is 0.301. The number of allylic oxidation sites excluding steroid dienone is 2. The molecule has 0 bridgehead atoms. The molecular weight excluding hydrogens is 432 g/mol. The average molecular weight is 459 g/mol. The first-order chi connectivity index (χ1) is 16.3. The maximum atomic E-state index is 13.0. The molecule has 0 aromatic heterocycles. The highest BCUT2D eigenvalue weighted by atomic mass is 16.5. The predicted molar refractivity (Wildman–Crippen MR) is 126 cm³/mol. The molecule has 3 aliphatic rings. The molecule has 2 aliphatic heterocycles. The third-order valence-corrected chi connectivity index (χ3v) is 6.92. The molecule has 7 nitrogen and oxygen atoms in total. The smallest absolute Gasteiger partial charge is 0.316 e. The summed E-state index contributed by atoms with van der Waals surface area (Å²) >= 11 is 0. The number of rotatable bonds is 4. The van der Waals surface area contributed by atoms with E-state index < -0.39 is 11.9 Å². The van der Waals surface area contributed by atoms with Crippen molar-refractivity contribution in [3.8, 4) is 5.75 Å². The molecule has 3 atom stereocenters. The predicted octanol–water partition coefficient (Wildman–Crippen LogP) is 3.80. The summed E-state index contributed by atoms with van der Waals surface area (Å²) in [5, 5.41) is 0. The number of carbonyl (C=O) groups is 4. The first-order valence-electron chi connectivity index (χ1n) is 11.5. The minimum absolute atomic E-state index is 0.0746. The summed E-state index contributed by atoms with van der Waals surface area (Å²) < 4.78 is 5.58. The highest BCUT2D eigenvalue weighted by molar-refractivity contribution is 6.22. The second-order valence-corrected chi connectivity index (χ2v) is 9.37. The Morgan fingerprint density at radius 1 is 0.912 bits per heavy atom. The second-order valence-electron chi connectivity index (χ2n) is 9.37. The molecular formula is C27H26N2O5. The zero-order valence-electron chi connectivity index (χ0n) is 19.2. The largest absolute Gasteiger partial charge is 0.426 e. The number of amides is 3. The molecule has 1 aliphatic carbocycles. The van der Waals surface area contributed by atoms with Crippen LogP contribution in [0.15, 0.2) is 60.2 Å². The van der Waals surface area contributed by atoms with E-state index in [1.807, 2.05) is 44.2 Å². The third kappa shape index (κ3) is 3.91. The van der Waals surface area contributed by atoms with E-state index in [4.69, 9.17) is 4.74 Å². The van der Waals surface area contributed by atoms with E-state index >= 15 is 0 Å². The highest BCUT2D eigenvalue weighted by Gasteiger charge is 2.48. The van der Waals surface area contributed by atoms with Crippen LogP contribution in [0.5, 0.6) is 5.75 Å². The van der Waals surface area contributed by atoms with Crippen molar-refractivity contribution in [3.63, 3.8) is 0 Å². The molecule has 0 N–H and O–H groups in total. The van der Waals surface area contributed by atoms with E-state index in [1.54, 1.807) is 29.2 Å². The van der Waals surface area contributed by atoms with Crippen LogP contribution in [0, 0.1) is 24.7 Å². The fraction of sp³-hybridized carbons (Fsp3) is 0.333. The molecule has 2 fully saturated rings. The Hall–Kier alpha value is -3.74. The summed E-state index contributed by atoms with van der Waals surface area (Å²) in [7, 11) is 0. The van der Waals surface area contributed by atoms with E-state index in [1.165, 1.54) is 4.90 Å². The first-order valence-corrected chi connectivity index (χ1v) is 11.5. The van der Waals surface area contributed by atoms with Gasteiger partial charge in [0.1, 0.15) is 5.75 Å². The van der Waals surface area contributed by atoms with Crippen LogP contribution in [0.2, 0.25) is 0 Å². The van der Waals surface area contributed by atoms with Crippen molar-refractivity contribution in [3.05, 3.63) is 65.7 Å². The van der Waals surface area contributed by atoms with Gasteiger partial charge in [0.25, 0.3) is 0 Å². The maximum Gasteiger partial charge on any atom is 0.316 e. The Balaban J connectivity index is 1.29. The van der Waals surface area contributed by atoms with Crippen molar-refractivity contribution in [2.45, 2.75) is 33.1 Å². The molecule has 2 aromatic carbocycles. The van der Waals surface area contributed by atoms with Gasteiger partial charge in [0, 0.05) is 24.7 Å². The number of ether oxygens (including phenoxy) is 1. The van der Waals surface area contributed by atoms with Crippen molar-refractivity contribution >= 4 is 35.1 Å². The number of esters is 1.